The molecule has 0 atom stereocenters. The summed E-state index contributed by atoms with van der Waals surface area (Å²) in [4.78, 5) is 14.0. The van der Waals surface area contributed by atoms with Crippen molar-refractivity contribution in [3.63, 3.8) is 0 Å². The summed E-state index contributed by atoms with van der Waals surface area (Å²) in [6, 6.07) is 4.06. The third-order valence-electron chi connectivity index (χ3n) is 3.40. The van der Waals surface area contributed by atoms with Gasteiger partial charge in [-0.05, 0) is 49.8 Å². The van der Waals surface area contributed by atoms with Gasteiger partial charge < -0.3 is 10.4 Å². The fourth-order valence-electron chi connectivity index (χ4n) is 1.96. The third kappa shape index (κ3) is 3.68. The molecule has 0 spiro atoms. The Hall–Kier alpha value is -1.13. The molecular formula is C14H19NO2S. The van der Waals surface area contributed by atoms with Gasteiger partial charge in [0.05, 0.1) is 0 Å². The summed E-state index contributed by atoms with van der Waals surface area (Å²) >= 11 is 1.67. The van der Waals surface area contributed by atoms with Gasteiger partial charge in [0.2, 0.25) is 5.91 Å². The zero-order chi connectivity index (χ0) is 13.0. The van der Waals surface area contributed by atoms with Crippen molar-refractivity contribution in [3.05, 3.63) is 28.0 Å². The van der Waals surface area contributed by atoms with Crippen LogP contribution in [-0.2, 0) is 4.79 Å². The molecule has 1 aliphatic carbocycles. The summed E-state index contributed by atoms with van der Waals surface area (Å²) < 4.78 is 0. The molecule has 0 unspecified atom stereocenters. The number of thiophene rings is 1. The van der Waals surface area contributed by atoms with Crippen molar-refractivity contribution in [1.29, 1.82) is 0 Å². The van der Waals surface area contributed by atoms with Crippen LogP contribution in [0.3, 0.4) is 0 Å². The van der Waals surface area contributed by atoms with Gasteiger partial charge in [-0.2, -0.15) is 0 Å². The van der Waals surface area contributed by atoms with Crippen LogP contribution in [0.4, 0.5) is 0 Å². The molecule has 0 aliphatic heterocycles. The summed E-state index contributed by atoms with van der Waals surface area (Å²) in [5, 5.41) is 11.9. The first kappa shape index (κ1) is 13.3. The molecule has 2 rings (SSSR count). The lowest BCUT2D eigenvalue weighted by Crippen LogP contribution is -2.29. The SMILES string of the molecule is Cc1ccc(/C=C/C(=O)NCC2(CCO)CC2)s1. The van der Waals surface area contributed by atoms with E-state index in [1.54, 1.807) is 17.4 Å². The second kappa shape index (κ2) is 5.67. The van der Waals surface area contributed by atoms with E-state index in [4.69, 9.17) is 5.11 Å². The summed E-state index contributed by atoms with van der Waals surface area (Å²) in [7, 11) is 0. The largest absolute Gasteiger partial charge is 0.396 e. The molecule has 1 heterocycles. The monoisotopic (exact) mass is 265 g/mol. The smallest absolute Gasteiger partial charge is 0.244 e. The number of aryl methyl sites for hydroxylation is 1. The van der Waals surface area contributed by atoms with Gasteiger partial charge in [0.15, 0.2) is 0 Å². The molecule has 0 radical (unpaired) electrons. The molecule has 1 aliphatic rings. The fourth-order valence-corrected chi connectivity index (χ4v) is 2.74. The summed E-state index contributed by atoms with van der Waals surface area (Å²) in [5.41, 5.74) is 0.178. The highest BCUT2D eigenvalue weighted by molar-refractivity contribution is 7.12. The van der Waals surface area contributed by atoms with Crippen LogP contribution in [0.1, 0.15) is 29.0 Å². The number of aliphatic hydroxyl groups excluding tert-OH is 1. The predicted molar refractivity (Wildman–Crippen MR) is 74.5 cm³/mol. The minimum atomic E-state index is -0.0507. The van der Waals surface area contributed by atoms with E-state index in [9.17, 15) is 4.79 Å². The molecule has 1 aromatic rings. The van der Waals surface area contributed by atoms with Gasteiger partial charge in [0.25, 0.3) is 0 Å². The average molecular weight is 265 g/mol. The number of hydrogen-bond donors (Lipinski definition) is 2. The third-order valence-corrected chi connectivity index (χ3v) is 4.36. The summed E-state index contributed by atoms with van der Waals surface area (Å²) in [6.07, 6.45) is 6.45. The lowest BCUT2D eigenvalue weighted by molar-refractivity contribution is -0.116. The molecule has 18 heavy (non-hydrogen) atoms. The average Bonchev–Trinajstić information content (AvgIpc) is 2.99. The zero-order valence-electron chi connectivity index (χ0n) is 10.6. The highest BCUT2D eigenvalue weighted by atomic mass is 32.1. The lowest BCUT2D eigenvalue weighted by atomic mass is 10.0. The highest BCUT2D eigenvalue weighted by Crippen LogP contribution is 2.47. The van der Waals surface area contributed by atoms with Crippen LogP contribution < -0.4 is 5.32 Å². The molecule has 0 saturated heterocycles. The predicted octanol–water partition coefficient (Wildman–Crippen LogP) is 2.35. The second-order valence-corrected chi connectivity index (χ2v) is 6.29. The number of nitrogens with one attached hydrogen (secondary N) is 1. The summed E-state index contributed by atoms with van der Waals surface area (Å²) in [6.45, 7) is 2.94. The van der Waals surface area contributed by atoms with E-state index in [0.717, 1.165) is 24.1 Å². The Balaban J connectivity index is 1.77. The van der Waals surface area contributed by atoms with Crippen molar-refractivity contribution in [3.8, 4) is 0 Å². The van der Waals surface area contributed by atoms with Gasteiger partial charge in [-0.3, -0.25) is 4.79 Å². The molecule has 1 aromatic heterocycles. The maximum absolute atomic E-state index is 11.6. The molecule has 98 valence electrons. The van der Waals surface area contributed by atoms with Crippen LogP contribution in [0.5, 0.6) is 0 Å². The lowest BCUT2D eigenvalue weighted by Gasteiger charge is -2.13. The van der Waals surface area contributed by atoms with E-state index in [0.29, 0.717) is 6.54 Å². The minimum Gasteiger partial charge on any atom is -0.396 e. The Labute approximate surface area is 112 Å². The van der Waals surface area contributed by atoms with Crippen molar-refractivity contribution in [2.24, 2.45) is 5.41 Å². The van der Waals surface area contributed by atoms with Gasteiger partial charge in [0, 0.05) is 29.0 Å². The first-order valence-electron chi connectivity index (χ1n) is 6.27. The van der Waals surface area contributed by atoms with Gasteiger partial charge in [-0.1, -0.05) is 0 Å². The Morgan fingerprint density at radius 3 is 2.89 bits per heavy atom. The van der Waals surface area contributed by atoms with E-state index in [1.165, 1.54) is 4.88 Å². The van der Waals surface area contributed by atoms with Gasteiger partial charge in [-0.15, -0.1) is 11.3 Å². The van der Waals surface area contributed by atoms with Crippen molar-refractivity contribution in [2.45, 2.75) is 26.2 Å². The number of amides is 1. The van der Waals surface area contributed by atoms with E-state index < -0.39 is 0 Å². The normalized spacial score (nSPS) is 17.0. The van der Waals surface area contributed by atoms with Crippen molar-refractivity contribution in [2.75, 3.05) is 13.2 Å². The Kier molecular flexibility index (Phi) is 4.19. The number of aliphatic hydroxyl groups is 1. The van der Waals surface area contributed by atoms with Crippen LogP contribution in [0.15, 0.2) is 18.2 Å². The number of carbonyl (C=O) groups is 1. The topological polar surface area (TPSA) is 49.3 Å². The number of rotatable bonds is 6. The van der Waals surface area contributed by atoms with Crippen molar-refractivity contribution in [1.82, 2.24) is 5.32 Å². The number of carbonyl (C=O) groups excluding carboxylic acids is 1. The first-order valence-corrected chi connectivity index (χ1v) is 7.08. The molecule has 0 aromatic carbocycles. The van der Waals surface area contributed by atoms with E-state index in [-0.39, 0.29) is 17.9 Å². The molecule has 4 heteroatoms. The Morgan fingerprint density at radius 1 is 1.56 bits per heavy atom. The maximum atomic E-state index is 11.6. The highest BCUT2D eigenvalue weighted by Gasteiger charge is 2.41. The van der Waals surface area contributed by atoms with Crippen LogP contribution >= 0.6 is 11.3 Å². The van der Waals surface area contributed by atoms with Crippen LogP contribution in [-0.4, -0.2) is 24.2 Å². The standard InChI is InChI=1S/C14H19NO2S/c1-11-2-3-12(18-11)4-5-13(17)15-10-14(6-7-14)8-9-16/h2-5,16H,6-10H2,1H3,(H,15,17)/b5-4+. The van der Waals surface area contributed by atoms with E-state index in [2.05, 4.69) is 5.32 Å². The van der Waals surface area contributed by atoms with Gasteiger partial charge in [0.1, 0.15) is 0 Å². The summed E-state index contributed by atoms with van der Waals surface area (Å²) in [5.74, 6) is -0.0507. The molecule has 2 N–H and O–H groups in total. The molecule has 1 fully saturated rings. The fraction of sp³-hybridized carbons (Fsp3) is 0.500. The van der Waals surface area contributed by atoms with Crippen molar-refractivity contribution >= 4 is 23.3 Å². The first-order chi connectivity index (χ1) is 8.63. The second-order valence-electron chi connectivity index (χ2n) is 4.97. The van der Waals surface area contributed by atoms with Crippen LogP contribution in [0.25, 0.3) is 6.08 Å². The van der Waals surface area contributed by atoms with Crippen LogP contribution in [0.2, 0.25) is 0 Å². The zero-order valence-corrected chi connectivity index (χ0v) is 11.4. The molecule has 0 bridgehead atoms. The number of hydrogen-bond acceptors (Lipinski definition) is 3. The van der Waals surface area contributed by atoms with Crippen LogP contribution in [0, 0.1) is 12.3 Å². The molecule has 1 amide bonds. The molecule has 3 nitrogen and oxygen atoms in total. The Bertz CT molecular complexity index is 446. The van der Waals surface area contributed by atoms with E-state index in [1.807, 2.05) is 25.1 Å². The van der Waals surface area contributed by atoms with E-state index >= 15 is 0 Å². The van der Waals surface area contributed by atoms with Crippen molar-refractivity contribution < 1.29 is 9.90 Å². The van der Waals surface area contributed by atoms with Gasteiger partial charge >= 0.3 is 0 Å². The van der Waals surface area contributed by atoms with Gasteiger partial charge in [-0.25, -0.2) is 0 Å². The Morgan fingerprint density at radius 2 is 2.33 bits per heavy atom. The maximum Gasteiger partial charge on any atom is 0.244 e. The minimum absolute atomic E-state index is 0.0507. The molecular weight excluding hydrogens is 246 g/mol. The molecule has 1 saturated carbocycles. The quantitative estimate of drug-likeness (QED) is 0.776.